The SMILES string of the molecule is CCCCCCCC/C=C/CCCCCCCC(=O)OC[C@@H](O)COP(=O)([O-])O.[Na+]. The van der Waals surface area contributed by atoms with Crippen molar-refractivity contribution in [2.75, 3.05) is 13.2 Å². The first-order chi connectivity index (χ1) is 13.8. The maximum absolute atomic E-state index is 11.5. The Bertz CT molecular complexity index is 468. The van der Waals surface area contributed by atoms with Gasteiger partial charge in [-0.3, -0.25) is 9.36 Å². The smallest absolute Gasteiger partial charge is 0.756 e. The average Bonchev–Trinajstić information content (AvgIpc) is 2.67. The van der Waals surface area contributed by atoms with Gasteiger partial charge >= 0.3 is 35.5 Å². The van der Waals surface area contributed by atoms with Crippen LogP contribution in [0.1, 0.15) is 96.8 Å². The van der Waals surface area contributed by atoms with Crippen molar-refractivity contribution in [3.8, 4) is 0 Å². The minimum atomic E-state index is -4.87. The summed E-state index contributed by atoms with van der Waals surface area (Å²) in [5.74, 6) is -0.434. The van der Waals surface area contributed by atoms with Gasteiger partial charge in [-0.05, 0) is 32.1 Å². The summed E-state index contributed by atoms with van der Waals surface area (Å²) in [6, 6.07) is 0. The van der Waals surface area contributed by atoms with Gasteiger partial charge in [-0.15, -0.1) is 0 Å². The van der Waals surface area contributed by atoms with Crippen LogP contribution < -0.4 is 34.5 Å². The van der Waals surface area contributed by atoms with E-state index in [1.54, 1.807) is 0 Å². The normalized spacial score (nSPS) is 14.3. The van der Waals surface area contributed by atoms with Gasteiger partial charge in [0.05, 0.1) is 6.61 Å². The molecule has 0 radical (unpaired) electrons. The van der Waals surface area contributed by atoms with Gasteiger partial charge in [0.15, 0.2) is 0 Å². The van der Waals surface area contributed by atoms with Crippen LogP contribution in [-0.4, -0.2) is 35.3 Å². The number of phosphoric ester groups is 1. The third-order valence-electron chi connectivity index (χ3n) is 4.51. The first-order valence-electron chi connectivity index (χ1n) is 11.0. The van der Waals surface area contributed by atoms with Gasteiger partial charge in [-0.2, -0.15) is 0 Å². The largest absolute Gasteiger partial charge is 1.00 e. The summed E-state index contributed by atoms with van der Waals surface area (Å²) < 4.78 is 19.2. The van der Waals surface area contributed by atoms with Gasteiger partial charge in [-0.1, -0.05) is 70.4 Å². The van der Waals surface area contributed by atoms with E-state index >= 15 is 0 Å². The standard InChI is InChI=1S/C21H41O7P.Na/c1-2-3-4-5-6-7-8-9-10-11-12-13-14-15-16-17-21(23)27-18-20(22)19-28-29(24,25)26;/h9-10,20,22H,2-8,11-19H2,1H3,(H2,24,25,26);/q;+1/p-1/b10-9+;/t20-;/m1./s1. The molecule has 0 spiro atoms. The molecule has 2 atom stereocenters. The van der Waals surface area contributed by atoms with Crippen molar-refractivity contribution in [1.82, 2.24) is 0 Å². The quantitative estimate of drug-likeness (QED) is 0.0932. The Labute approximate surface area is 204 Å². The van der Waals surface area contributed by atoms with Crippen molar-refractivity contribution in [3.63, 3.8) is 0 Å². The first-order valence-corrected chi connectivity index (χ1v) is 12.5. The molecule has 2 N–H and O–H groups in total. The van der Waals surface area contributed by atoms with Crippen molar-refractivity contribution in [2.24, 2.45) is 0 Å². The second-order valence-corrected chi connectivity index (χ2v) is 8.63. The molecule has 0 aliphatic rings. The predicted molar refractivity (Wildman–Crippen MR) is 112 cm³/mol. The van der Waals surface area contributed by atoms with Crippen molar-refractivity contribution in [1.29, 1.82) is 0 Å². The van der Waals surface area contributed by atoms with E-state index in [-0.39, 0.29) is 42.6 Å². The van der Waals surface area contributed by atoms with Crippen LogP contribution in [0.2, 0.25) is 0 Å². The summed E-state index contributed by atoms with van der Waals surface area (Å²) in [4.78, 5) is 30.3. The summed E-state index contributed by atoms with van der Waals surface area (Å²) in [5.41, 5.74) is 0. The van der Waals surface area contributed by atoms with E-state index in [2.05, 4.69) is 23.6 Å². The molecule has 172 valence electrons. The van der Waals surface area contributed by atoms with E-state index in [0.29, 0.717) is 0 Å². The van der Waals surface area contributed by atoms with Gasteiger partial charge in [0.25, 0.3) is 7.82 Å². The minimum absolute atomic E-state index is 0. The molecule has 0 aromatic carbocycles. The summed E-state index contributed by atoms with van der Waals surface area (Å²) >= 11 is 0. The number of hydrogen-bond donors (Lipinski definition) is 2. The van der Waals surface area contributed by atoms with Crippen molar-refractivity contribution in [3.05, 3.63) is 12.2 Å². The zero-order chi connectivity index (χ0) is 21.8. The molecule has 0 heterocycles. The number of allylic oxidation sites excluding steroid dienone is 2. The number of phosphoric acid groups is 1. The van der Waals surface area contributed by atoms with Crippen LogP contribution in [0.4, 0.5) is 0 Å². The van der Waals surface area contributed by atoms with E-state index in [9.17, 15) is 19.4 Å². The Morgan fingerprint density at radius 1 is 0.933 bits per heavy atom. The molecule has 0 aromatic rings. The molecule has 0 saturated heterocycles. The molecule has 0 fully saturated rings. The maximum atomic E-state index is 11.5. The van der Waals surface area contributed by atoms with Gasteiger partial charge in [-0.25, -0.2) is 0 Å². The number of aliphatic hydroxyl groups is 1. The molecule has 9 heteroatoms. The Hall–Kier alpha value is 0.280. The number of esters is 1. The Balaban J connectivity index is 0. The van der Waals surface area contributed by atoms with Crippen LogP contribution in [0.5, 0.6) is 0 Å². The van der Waals surface area contributed by atoms with Crippen LogP contribution in [0.25, 0.3) is 0 Å². The Morgan fingerprint density at radius 3 is 1.97 bits per heavy atom. The summed E-state index contributed by atoms with van der Waals surface area (Å²) in [6.07, 6.45) is 18.9. The molecular formula is C21H40NaO7P. The molecule has 7 nitrogen and oxygen atoms in total. The zero-order valence-corrected chi connectivity index (χ0v) is 21.8. The minimum Gasteiger partial charge on any atom is -0.756 e. The number of unbranched alkanes of at least 4 members (excludes halogenated alkanes) is 11. The molecule has 0 aromatic heterocycles. The molecule has 1 unspecified atom stereocenters. The molecule has 0 aliphatic heterocycles. The third kappa shape index (κ3) is 26.3. The van der Waals surface area contributed by atoms with Crippen molar-refractivity contribution < 1.29 is 63.1 Å². The van der Waals surface area contributed by atoms with E-state index in [0.717, 1.165) is 38.5 Å². The maximum Gasteiger partial charge on any atom is 1.00 e. The fourth-order valence-corrected chi connectivity index (χ4v) is 3.19. The van der Waals surface area contributed by atoms with Crippen molar-refractivity contribution in [2.45, 2.75) is 103 Å². The van der Waals surface area contributed by atoms with Gasteiger partial charge in [0.1, 0.15) is 12.7 Å². The van der Waals surface area contributed by atoms with E-state index in [4.69, 9.17) is 9.63 Å². The van der Waals surface area contributed by atoms with Crippen LogP contribution in [0, 0.1) is 0 Å². The first kappa shape index (κ1) is 32.5. The van der Waals surface area contributed by atoms with Crippen molar-refractivity contribution >= 4 is 13.8 Å². The Kier molecular flexibility index (Phi) is 24.3. The van der Waals surface area contributed by atoms with Crippen LogP contribution in [0.3, 0.4) is 0 Å². The topological polar surface area (TPSA) is 116 Å². The third-order valence-corrected chi connectivity index (χ3v) is 4.98. The molecular weight excluding hydrogens is 418 g/mol. The molecule has 30 heavy (non-hydrogen) atoms. The van der Waals surface area contributed by atoms with Gasteiger partial charge < -0.3 is 24.2 Å². The molecule has 0 amide bonds. The number of carbonyl (C=O) groups is 1. The monoisotopic (exact) mass is 458 g/mol. The number of ether oxygens (including phenoxy) is 1. The number of carbonyl (C=O) groups excluding carboxylic acids is 1. The number of hydrogen-bond acceptors (Lipinski definition) is 6. The second kappa shape index (κ2) is 22.5. The molecule has 0 aliphatic carbocycles. The number of rotatable bonds is 20. The van der Waals surface area contributed by atoms with Gasteiger partial charge in [0, 0.05) is 6.42 Å². The summed E-state index contributed by atoms with van der Waals surface area (Å²) in [7, 11) is -4.87. The number of aliphatic hydroxyl groups excluding tert-OH is 1. The molecule has 0 rings (SSSR count). The zero-order valence-electron chi connectivity index (χ0n) is 18.9. The Morgan fingerprint density at radius 2 is 1.43 bits per heavy atom. The van der Waals surface area contributed by atoms with Gasteiger partial charge in [0.2, 0.25) is 0 Å². The average molecular weight is 459 g/mol. The van der Waals surface area contributed by atoms with Crippen LogP contribution in [-0.2, 0) is 18.6 Å². The summed E-state index contributed by atoms with van der Waals surface area (Å²) in [5, 5.41) is 9.39. The van der Waals surface area contributed by atoms with E-state index in [1.807, 2.05) is 0 Å². The van der Waals surface area contributed by atoms with E-state index < -0.39 is 26.5 Å². The van der Waals surface area contributed by atoms with E-state index in [1.165, 1.54) is 44.9 Å². The van der Waals surface area contributed by atoms with Crippen LogP contribution in [0.15, 0.2) is 12.2 Å². The fourth-order valence-electron chi connectivity index (χ4n) is 2.83. The molecule has 0 bridgehead atoms. The summed E-state index contributed by atoms with van der Waals surface area (Å²) in [6.45, 7) is 1.24. The fraction of sp³-hybridized carbons (Fsp3) is 0.857. The predicted octanol–water partition coefficient (Wildman–Crippen LogP) is 1.41. The van der Waals surface area contributed by atoms with Crippen LogP contribution >= 0.6 is 7.82 Å². The second-order valence-electron chi connectivity index (χ2n) is 7.44. The molecule has 0 saturated carbocycles.